The highest BCUT2D eigenvalue weighted by Gasteiger charge is 2.14. The Hall–Kier alpha value is -1.42. The Morgan fingerprint density at radius 3 is 2.71 bits per heavy atom. The van der Waals surface area contributed by atoms with Gasteiger partial charge < -0.3 is 9.47 Å². The number of hydrogen-bond donors (Lipinski definition) is 1. The van der Waals surface area contributed by atoms with E-state index in [1.54, 1.807) is 0 Å². The van der Waals surface area contributed by atoms with E-state index in [2.05, 4.69) is 17.6 Å². The minimum Gasteiger partial charge on any atom is -0.486 e. The van der Waals surface area contributed by atoms with Crippen LogP contribution in [0.2, 0.25) is 0 Å². The Morgan fingerprint density at radius 1 is 1.18 bits per heavy atom. The van der Waals surface area contributed by atoms with E-state index in [-0.39, 0.29) is 0 Å². The van der Waals surface area contributed by atoms with Crippen LogP contribution < -0.4 is 9.47 Å². The van der Waals surface area contributed by atoms with Crippen molar-refractivity contribution in [2.24, 2.45) is 0 Å². The maximum Gasteiger partial charge on any atom is 0.162 e. The largest absolute Gasteiger partial charge is 0.486 e. The Kier molecular flexibility index (Phi) is 2.81. The van der Waals surface area contributed by atoms with Crippen molar-refractivity contribution in [1.82, 2.24) is 4.98 Å². The summed E-state index contributed by atoms with van der Waals surface area (Å²) in [4.78, 5) is 4.40. The number of pyridine rings is 1. The number of nitrogens with zero attached hydrogens (tertiary/aromatic N) is 1. The standard InChI is InChI=1S/C13H13NO2S/c17-6-2-11-10-8-13-12(15-4-5-16-13)7-9(10)1-3-14-11/h1,3,7-8,17H,2,4-6H2. The molecule has 0 radical (unpaired) electrons. The van der Waals surface area contributed by atoms with Crippen LogP contribution in [-0.2, 0) is 6.42 Å². The topological polar surface area (TPSA) is 31.4 Å². The fourth-order valence-corrected chi connectivity index (χ4v) is 2.29. The summed E-state index contributed by atoms with van der Waals surface area (Å²) < 4.78 is 11.2. The van der Waals surface area contributed by atoms with Crippen molar-refractivity contribution in [2.75, 3.05) is 19.0 Å². The molecule has 1 aromatic heterocycles. The molecule has 0 saturated carbocycles. The summed E-state index contributed by atoms with van der Waals surface area (Å²) in [7, 11) is 0. The average molecular weight is 247 g/mol. The van der Waals surface area contributed by atoms with E-state index in [0.29, 0.717) is 13.2 Å². The molecule has 0 saturated heterocycles. The van der Waals surface area contributed by atoms with Gasteiger partial charge in [-0.1, -0.05) is 0 Å². The Labute approximate surface area is 105 Å². The van der Waals surface area contributed by atoms with E-state index in [0.717, 1.165) is 40.1 Å². The summed E-state index contributed by atoms with van der Waals surface area (Å²) >= 11 is 4.26. The molecule has 0 unspecified atom stereocenters. The first-order chi connectivity index (χ1) is 8.38. The predicted molar refractivity (Wildman–Crippen MR) is 70.3 cm³/mol. The fourth-order valence-electron chi connectivity index (χ4n) is 2.07. The van der Waals surface area contributed by atoms with Gasteiger partial charge in [-0.05, 0) is 35.8 Å². The van der Waals surface area contributed by atoms with Gasteiger partial charge in [0.1, 0.15) is 13.2 Å². The van der Waals surface area contributed by atoms with Crippen molar-refractivity contribution in [3.63, 3.8) is 0 Å². The monoisotopic (exact) mass is 247 g/mol. The highest BCUT2D eigenvalue weighted by Crippen LogP contribution is 2.35. The molecule has 0 atom stereocenters. The van der Waals surface area contributed by atoms with Crippen LogP contribution in [0.3, 0.4) is 0 Å². The average Bonchev–Trinajstić information content (AvgIpc) is 2.37. The van der Waals surface area contributed by atoms with Crippen molar-refractivity contribution in [2.45, 2.75) is 6.42 Å². The third kappa shape index (κ3) is 1.93. The second-order valence-corrected chi connectivity index (χ2v) is 4.40. The van der Waals surface area contributed by atoms with Crippen molar-refractivity contribution in [3.8, 4) is 11.5 Å². The number of hydrogen-bond acceptors (Lipinski definition) is 4. The highest BCUT2D eigenvalue weighted by atomic mass is 32.1. The normalized spacial score (nSPS) is 13.9. The zero-order chi connectivity index (χ0) is 11.7. The Balaban J connectivity index is 2.19. The van der Waals surface area contributed by atoms with Crippen LogP contribution in [0.15, 0.2) is 24.4 Å². The van der Waals surface area contributed by atoms with Crippen molar-refractivity contribution in [1.29, 1.82) is 0 Å². The summed E-state index contributed by atoms with van der Waals surface area (Å²) in [6.45, 7) is 1.23. The molecule has 88 valence electrons. The number of aromatic nitrogens is 1. The second-order valence-electron chi connectivity index (χ2n) is 3.95. The molecule has 2 aromatic rings. The highest BCUT2D eigenvalue weighted by molar-refractivity contribution is 7.80. The van der Waals surface area contributed by atoms with Crippen molar-refractivity contribution >= 4 is 23.4 Å². The minimum atomic E-state index is 0.612. The van der Waals surface area contributed by atoms with Gasteiger partial charge >= 0.3 is 0 Å². The van der Waals surface area contributed by atoms with Crippen LogP contribution in [0.1, 0.15) is 5.69 Å². The lowest BCUT2D eigenvalue weighted by Crippen LogP contribution is -2.15. The zero-order valence-electron chi connectivity index (χ0n) is 9.35. The molecular formula is C13H13NO2S. The van der Waals surface area contributed by atoms with Gasteiger partial charge in [0.25, 0.3) is 0 Å². The van der Waals surface area contributed by atoms with E-state index >= 15 is 0 Å². The Bertz CT molecular complexity index is 556. The molecule has 0 amide bonds. The molecule has 0 fully saturated rings. The zero-order valence-corrected chi connectivity index (χ0v) is 10.2. The molecule has 3 rings (SSSR count). The van der Waals surface area contributed by atoms with Crippen LogP contribution in [0.25, 0.3) is 10.8 Å². The first-order valence-electron chi connectivity index (χ1n) is 5.66. The maximum absolute atomic E-state index is 5.59. The second kappa shape index (κ2) is 4.45. The fraction of sp³-hybridized carbons (Fsp3) is 0.308. The van der Waals surface area contributed by atoms with Gasteiger partial charge in [0, 0.05) is 17.3 Å². The lowest BCUT2D eigenvalue weighted by atomic mass is 10.1. The van der Waals surface area contributed by atoms with Crippen LogP contribution >= 0.6 is 12.6 Å². The van der Waals surface area contributed by atoms with Crippen molar-refractivity contribution in [3.05, 3.63) is 30.1 Å². The lowest BCUT2D eigenvalue weighted by Gasteiger charge is -2.19. The molecular weight excluding hydrogens is 234 g/mol. The van der Waals surface area contributed by atoms with Crippen LogP contribution in [0.4, 0.5) is 0 Å². The van der Waals surface area contributed by atoms with E-state index in [1.165, 1.54) is 0 Å². The number of aryl methyl sites for hydroxylation is 1. The molecule has 1 aliphatic rings. The summed E-state index contributed by atoms with van der Waals surface area (Å²) in [5.74, 6) is 2.43. The summed E-state index contributed by atoms with van der Waals surface area (Å²) in [5, 5.41) is 2.27. The predicted octanol–water partition coefficient (Wildman–Crippen LogP) is 2.48. The molecule has 0 bridgehead atoms. The lowest BCUT2D eigenvalue weighted by molar-refractivity contribution is 0.172. The van der Waals surface area contributed by atoms with Crippen LogP contribution in [0, 0.1) is 0 Å². The van der Waals surface area contributed by atoms with Gasteiger partial charge in [-0.2, -0.15) is 12.6 Å². The number of benzene rings is 1. The summed E-state index contributed by atoms with van der Waals surface area (Å²) in [5.41, 5.74) is 1.06. The van der Waals surface area contributed by atoms with E-state index in [4.69, 9.17) is 9.47 Å². The van der Waals surface area contributed by atoms with Crippen molar-refractivity contribution < 1.29 is 9.47 Å². The first-order valence-corrected chi connectivity index (χ1v) is 6.30. The smallest absolute Gasteiger partial charge is 0.162 e. The Morgan fingerprint density at radius 2 is 1.94 bits per heavy atom. The molecule has 0 spiro atoms. The molecule has 1 aliphatic heterocycles. The molecule has 0 aliphatic carbocycles. The molecule has 1 aromatic carbocycles. The molecule has 3 nitrogen and oxygen atoms in total. The SMILES string of the molecule is SCCc1nccc2cc3c(cc12)OCCO3. The number of rotatable bonds is 2. The van der Waals surface area contributed by atoms with Gasteiger partial charge in [-0.3, -0.25) is 4.98 Å². The molecule has 4 heteroatoms. The maximum atomic E-state index is 5.59. The van der Waals surface area contributed by atoms with Gasteiger partial charge in [-0.15, -0.1) is 0 Å². The van der Waals surface area contributed by atoms with Gasteiger partial charge in [-0.25, -0.2) is 0 Å². The molecule has 2 heterocycles. The summed E-state index contributed by atoms with van der Waals surface area (Å²) in [6.07, 6.45) is 2.69. The van der Waals surface area contributed by atoms with Crippen LogP contribution in [0.5, 0.6) is 11.5 Å². The number of fused-ring (bicyclic) bond motifs is 2. The van der Waals surface area contributed by atoms with Gasteiger partial charge in [0.2, 0.25) is 0 Å². The third-order valence-corrected chi connectivity index (χ3v) is 3.08. The summed E-state index contributed by atoms with van der Waals surface area (Å²) in [6, 6.07) is 6.04. The van der Waals surface area contributed by atoms with Gasteiger partial charge in [0.15, 0.2) is 11.5 Å². The molecule has 17 heavy (non-hydrogen) atoms. The van der Waals surface area contributed by atoms with E-state index in [1.807, 2.05) is 24.4 Å². The van der Waals surface area contributed by atoms with E-state index < -0.39 is 0 Å². The molecule has 0 N–H and O–H groups in total. The minimum absolute atomic E-state index is 0.612. The third-order valence-electron chi connectivity index (χ3n) is 2.86. The van der Waals surface area contributed by atoms with Crippen LogP contribution in [-0.4, -0.2) is 24.0 Å². The van der Waals surface area contributed by atoms with Gasteiger partial charge in [0.05, 0.1) is 0 Å². The quantitative estimate of drug-likeness (QED) is 0.827. The number of thiol groups is 1. The van der Waals surface area contributed by atoms with E-state index in [9.17, 15) is 0 Å². The first kappa shape index (κ1) is 10.7. The number of ether oxygens (including phenoxy) is 2.